The third kappa shape index (κ3) is 3.68. The summed E-state index contributed by atoms with van der Waals surface area (Å²) < 4.78 is 15.2. The van der Waals surface area contributed by atoms with Crippen molar-refractivity contribution in [3.63, 3.8) is 0 Å². The lowest BCUT2D eigenvalue weighted by atomic mass is 9.96. The Morgan fingerprint density at radius 2 is 1.59 bits per heavy atom. The molecule has 0 aromatic carbocycles. The van der Waals surface area contributed by atoms with Crippen LogP contribution in [0, 0.1) is 0 Å². The molecule has 0 amide bonds. The van der Waals surface area contributed by atoms with Gasteiger partial charge >= 0.3 is 7.60 Å². The van der Waals surface area contributed by atoms with Gasteiger partial charge in [-0.1, -0.05) is 0 Å². The first-order valence-electron chi connectivity index (χ1n) is 4.74. The van der Waals surface area contributed by atoms with Gasteiger partial charge in [0, 0.05) is 0 Å². The van der Waals surface area contributed by atoms with Gasteiger partial charge in [0.1, 0.15) is 24.4 Å². The normalized spacial score (nSPS) is 41.2. The fourth-order valence-corrected chi connectivity index (χ4v) is 2.25. The van der Waals surface area contributed by atoms with E-state index in [0.717, 1.165) is 0 Å². The maximum absolute atomic E-state index is 10.6. The van der Waals surface area contributed by atoms with Crippen molar-refractivity contribution in [2.24, 2.45) is 0 Å². The van der Waals surface area contributed by atoms with Crippen LogP contribution in [0.3, 0.4) is 0 Å². The average Bonchev–Trinajstić information content (AvgIpc) is 2.17. The molecule has 0 radical (unpaired) electrons. The molecule has 1 aliphatic rings. The third-order valence-electron chi connectivity index (χ3n) is 2.43. The van der Waals surface area contributed by atoms with Crippen LogP contribution in [0.25, 0.3) is 0 Å². The Labute approximate surface area is 96.1 Å². The average molecular weight is 274 g/mol. The molecule has 102 valence electrons. The topological polar surface area (TPSA) is 168 Å². The van der Waals surface area contributed by atoms with Gasteiger partial charge in [-0.2, -0.15) is 0 Å². The fraction of sp³-hybridized carbons (Fsp3) is 1.00. The van der Waals surface area contributed by atoms with Crippen LogP contribution in [-0.2, 0) is 9.30 Å². The molecule has 0 bridgehead atoms. The minimum atomic E-state index is -4.54. The lowest BCUT2D eigenvalue weighted by molar-refractivity contribution is -0.295. The Kier molecular flexibility index (Phi) is 4.64. The molecule has 10 heteroatoms. The van der Waals surface area contributed by atoms with Crippen LogP contribution in [-0.4, -0.2) is 78.3 Å². The first kappa shape index (κ1) is 15.0. The van der Waals surface area contributed by atoms with Gasteiger partial charge < -0.3 is 40.1 Å². The predicted molar refractivity (Wildman–Crippen MR) is 51.8 cm³/mol. The van der Waals surface area contributed by atoms with Crippen molar-refractivity contribution in [2.45, 2.75) is 36.8 Å². The van der Waals surface area contributed by atoms with Crippen molar-refractivity contribution in [3.05, 3.63) is 0 Å². The molecular formula is C7H15O9P. The fourth-order valence-electron chi connectivity index (χ4n) is 1.55. The number of hydrogen-bond donors (Lipinski definition) is 7. The zero-order chi connectivity index (χ0) is 13.4. The van der Waals surface area contributed by atoms with Gasteiger partial charge in [-0.25, -0.2) is 0 Å². The highest BCUT2D eigenvalue weighted by atomic mass is 31.2. The molecule has 0 aliphatic carbocycles. The highest BCUT2D eigenvalue weighted by molar-refractivity contribution is 7.51. The van der Waals surface area contributed by atoms with E-state index in [1.165, 1.54) is 0 Å². The molecule has 0 aromatic heterocycles. The number of rotatable bonds is 3. The zero-order valence-electron chi connectivity index (χ0n) is 8.57. The number of aliphatic hydroxyl groups is 5. The molecule has 0 aromatic rings. The number of aliphatic hydroxyl groups excluding tert-OH is 5. The van der Waals surface area contributed by atoms with E-state index in [1.807, 2.05) is 0 Å². The smallest absolute Gasteiger partial charge is 0.328 e. The lowest BCUT2D eigenvalue weighted by Crippen LogP contribution is -2.61. The summed E-state index contributed by atoms with van der Waals surface area (Å²) in [7, 11) is -4.54. The molecule has 7 N–H and O–H groups in total. The van der Waals surface area contributed by atoms with Crippen molar-refractivity contribution in [1.29, 1.82) is 0 Å². The molecule has 0 spiro atoms. The molecule has 1 fully saturated rings. The van der Waals surface area contributed by atoms with E-state index in [-0.39, 0.29) is 0 Å². The summed E-state index contributed by atoms with van der Waals surface area (Å²) in [5.74, 6) is 0. The quantitative estimate of drug-likeness (QED) is 0.256. The van der Waals surface area contributed by atoms with Crippen molar-refractivity contribution in [1.82, 2.24) is 0 Å². The summed E-state index contributed by atoms with van der Waals surface area (Å²) in [5, 5.41) is 46.4. The molecule has 1 aliphatic heterocycles. The molecule has 1 saturated heterocycles. The maximum Gasteiger partial charge on any atom is 0.328 e. The Morgan fingerprint density at radius 3 is 2.06 bits per heavy atom. The summed E-state index contributed by atoms with van der Waals surface area (Å²) in [6, 6.07) is 0. The van der Waals surface area contributed by atoms with Gasteiger partial charge in [-0.05, 0) is 0 Å². The monoisotopic (exact) mass is 274 g/mol. The van der Waals surface area contributed by atoms with Crippen LogP contribution in [0.2, 0.25) is 0 Å². The van der Waals surface area contributed by atoms with E-state index in [1.54, 1.807) is 0 Å². The van der Waals surface area contributed by atoms with Crippen molar-refractivity contribution in [3.8, 4) is 0 Å². The van der Waals surface area contributed by atoms with Crippen LogP contribution >= 0.6 is 7.60 Å². The highest BCUT2D eigenvalue weighted by Crippen LogP contribution is 2.37. The highest BCUT2D eigenvalue weighted by Gasteiger charge is 2.46. The zero-order valence-corrected chi connectivity index (χ0v) is 9.46. The van der Waals surface area contributed by atoms with E-state index in [4.69, 9.17) is 20.0 Å². The Balaban J connectivity index is 2.73. The Bertz CT molecular complexity index is 304. The van der Waals surface area contributed by atoms with Crippen molar-refractivity contribution < 1.29 is 44.6 Å². The summed E-state index contributed by atoms with van der Waals surface area (Å²) in [5.41, 5.74) is 0. The van der Waals surface area contributed by atoms with E-state index in [0.29, 0.717) is 0 Å². The molecule has 1 unspecified atom stereocenters. The van der Waals surface area contributed by atoms with Gasteiger partial charge in [-0.15, -0.1) is 0 Å². The van der Waals surface area contributed by atoms with Crippen molar-refractivity contribution in [2.75, 3.05) is 6.16 Å². The Morgan fingerprint density at radius 1 is 1.06 bits per heavy atom. The van der Waals surface area contributed by atoms with E-state index in [9.17, 15) is 19.9 Å². The van der Waals surface area contributed by atoms with E-state index >= 15 is 0 Å². The summed E-state index contributed by atoms with van der Waals surface area (Å²) >= 11 is 0. The summed E-state index contributed by atoms with van der Waals surface area (Å²) in [4.78, 5) is 17.3. The second-order valence-corrected chi connectivity index (χ2v) is 5.57. The number of hydrogen-bond acceptors (Lipinski definition) is 7. The molecule has 17 heavy (non-hydrogen) atoms. The maximum atomic E-state index is 10.6. The standard InChI is InChI=1S/C7H15O9P/c8-2(1-17(13,14)15)6-4(10)3(9)5(11)7(12)16-6/h2-12H,1H2,(H2,13,14,15)/t2?,3-,4-,5-,6+,7-/m0/s1. The van der Waals surface area contributed by atoms with Crippen LogP contribution in [0.1, 0.15) is 0 Å². The lowest BCUT2D eigenvalue weighted by Gasteiger charge is -2.40. The Hall–Kier alpha value is -0.0900. The largest absolute Gasteiger partial charge is 0.390 e. The predicted octanol–water partition coefficient (Wildman–Crippen LogP) is -3.68. The molecule has 9 nitrogen and oxygen atoms in total. The second-order valence-electron chi connectivity index (χ2n) is 3.88. The van der Waals surface area contributed by atoms with Gasteiger partial charge in [-0.3, -0.25) is 4.57 Å². The first-order valence-corrected chi connectivity index (χ1v) is 6.53. The van der Waals surface area contributed by atoms with Gasteiger partial charge in [0.2, 0.25) is 0 Å². The van der Waals surface area contributed by atoms with E-state index < -0.39 is 50.6 Å². The van der Waals surface area contributed by atoms with Crippen LogP contribution in [0.5, 0.6) is 0 Å². The van der Waals surface area contributed by atoms with Crippen LogP contribution < -0.4 is 0 Å². The molecule has 0 saturated carbocycles. The van der Waals surface area contributed by atoms with Crippen LogP contribution in [0.15, 0.2) is 0 Å². The van der Waals surface area contributed by atoms with Gasteiger partial charge in [0.25, 0.3) is 0 Å². The summed E-state index contributed by atoms with van der Waals surface area (Å²) in [6.07, 6.45) is -11.6. The minimum Gasteiger partial charge on any atom is -0.390 e. The summed E-state index contributed by atoms with van der Waals surface area (Å²) in [6.45, 7) is 0. The van der Waals surface area contributed by atoms with Gasteiger partial charge in [0.05, 0.1) is 12.3 Å². The van der Waals surface area contributed by atoms with E-state index in [2.05, 4.69) is 4.74 Å². The second kappa shape index (κ2) is 5.27. The first-order chi connectivity index (χ1) is 7.63. The minimum absolute atomic E-state index is 0.996. The SMILES string of the molecule is O=P(O)(O)CC(O)[C@H]1O[C@H](O)[C@@H](O)[C@@H](O)[C@@H]1O. The molecule has 1 rings (SSSR count). The molecular weight excluding hydrogens is 259 g/mol. The molecule has 6 atom stereocenters. The third-order valence-corrected chi connectivity index (χ3v) is 3.28. The molecule has 1 heterocycles. The van der Waals surface area contributed by atoms with Crippen molar-refractivity contribution >= 4 is 7.60 Å². The van der Waals surface area contributed by atoms with Crippen LogP contribution in [0.4, 0.5) is 0 Å². The number of ether oxygens (including phenoxy) is 1. The van der Waals surface area contributed by atoms with Gasteiger partial charge in [0.15, 0.2) is 6.29 Å².